The molecule has 0 atom stereocenters. The lowest BCUT2D eigenvalue weighted by molar-refractivity contribution is 0.0981. The molecular formula is C18H22ClN5O. The predicted octanol–water partition coefficient (Wildman–Crippen LogP) is 2.79. The summed E-state index contributed by atoms with van der Waals surface area (Å²) >= 11 is 6.40. The van der Waals surface area contributed by atoms with Crippen LogP contribution in [0.25, 0.3) is 0 Å². The molecule has 0 aliphatic carbocycles. The van der Waals surface area contributed by atoms with Gasteiger partial charge in [0.25, 0.3) is 5.91 Å². The van der Waals surface area contributed by atoms with Crippen LogP contribution in [0.5, 0.6) is 0 Å². The standard InChI is InChI=1S/C18H22ClN5O/c1-18(2)11-23(15-5-3-4-13(19)16(15)18)17(25)14-10-24(22-21-14)12-6-8-20-9-7-12/h3-5,10,12,20H,6-9,11H2,1-2H3. The lowest BCUT2D eigenvalue weighted by Gasteiger charge is -2.22. The van der Waals surface area contributed by atoms with Crippen LogP contribution in [0.2, 0.25) is 5.02 Å². The van der Waals surface area contributed by atoms with Gasteiger partial charge in [-0.2, -0.15) is 0 Å². The van der Waals surface area contributed by atoms with Crippen LogP contribution in [-0.4, -0.2) is 40.5 Å². The SMILES string of the molecule is CC1(C)CN(C(=O)c2cn(C3CCNCC3)nn2)c2cccc(Cl)c21. The van der Waals surface area contributed by atoms with Crippen molar-refractivity contribution in [2.45, 2.75) is 38.1 Å². The highest BCUT2D eigenvalue weighted by atomic mass is 35.5. The molecule has 0 saturated carbocycles. The first-order valence-corrected chi connectivity index (χ1v) is 9.08. The lowest BCUT2D eigenvalue weighted by atomic mass is 9.87. The number of halogens is 1. The summed E-state index contributed by atoms with van der Waals surface area (Å²) in [6, 6.07) is 6.02. The van der Waals surface area contributed by atoms with Crippen molar-refractivity contribution in [3.63, 3.8) is 0 Å². The normalized spacial score (nSPS) is 19.9. The maximum Gasteiger partial charge on any atom is 0.280 e. The van der Waals surface area contributed by atoms with E-state index in [1.54, 1.807) is 11.1 Å². The van der Waals surface area contributed by atoms with E-state index in [9.17, 15) is 4.79 Å². The van der Waals surface area contributed by atoms with E-state index >= 15 is 0 Å². The summed E-state index contributed by atoms with van der Waals surface area (Å²) in [5.74, 6) is -0.116. The lowest BCUT2D eigenvalue weighted by Crippen LogP contribution is -2.34. The Hall–Kier alpha value is -1.92. The molecule has 0 unspecified atom stereocenters. The third-order valence-corrected chi connectivity index (χ3v) is 5.48. The van der Waals surface area contributed by atoms with Crippen LogP contribution < -0.4 is 10.2 Å². The van der Waals surface area contributed by atoms with Crippen molar-refractivity contribution in [3.05, 3.63) is 40.7 Å². The van der Waals surface area contributed by atoms with Gasteiger partial charge in [0.15, 0.2) is 5.69 Å². The Morgan fingerprint density at radius 3 is 2.84 bits per heavy atom. The number of fused-ring (bicyclic) bond motifs is 1. The smallest absolute Gasteiger partial charge is 0.280 e. The molecular weight excluding hydrogens is 338 g/mol. The number of carbonyl (C=O) groups is 1. The van der Waals surface area contributed by atoms with Crippen LogP contribution in [0.15, 0.2) is 24.4 Å². The molecule has 25 heavy (non-hydrogen) atoms. The van der Waals surface area contributed by atoms with E-state index in [0.717, 1.165) is 37.2 Å². The fourth-order valence-corrected chi connectivity index (χ4v) is 4.34. The van der Waals surface area contributed by atoms with Gasteiger partial charge in [-0.1, -0.05) is 36.7 Å². The fourth-order valence-electron chi connectivity index (χ4n) is 3.91. The zero-order valence-corrected chi connectivity index (χ0v) is 15.3. The van der Waals surface area contributed by atoms with Gasteiger partial charge >= 0.3 is 0 Å². The Morgan fingerprint density at radius 2 is 2.08 bits per heavy atom. The molecule has 2 aliphatic rings. The van der Waals surface area contributed by atoms with Crippen LogP contribution in [0.1, 0.15) is 48.8 Å². The molecule has 1 N–H and O–H groups in total. The Bertz CT molecular complexity index is 810. The average Bonchev–Trinajstić information content (AvgIpc) is 3.19. The van der Waals surface area contributed by atoms with Gasteiger partial charge in [0, 0.05) is 28.2 Å². The van der Waals surface area contributed by atoms with Crippen molar-refractivity contribution >= 4 is 23.2 Å². The molecule has 132 valence electrons. The number of aromatic nitrogens is 3. The molecule has 3 heterocycles. The second-order valence-corrected chi connectivity index (χ2v) is 7.88. The first-order chi connectivity index (χ1) is 12.0. The summed E-state index contributed by atoms with van der Waals surface area (Å²) in [4.78, 5) is 14.8. The number of benzene rings is 1. The summed E-state index contributed by atoms with van der Waals surface area (Å²) in [6.45, 7) is 6.75. The Balaban J connectivity index is 1.62. The number of nitrogens with one attached hydrogen (secondary N) is 1. The third-order valence-electron chi connectivity index (χ3n) is 5.17. The van der Waals surface area contributed by atoms with Crippen LogP contribution in [0, 0.1) is 0 Å². The van der Waals surface area contributed by atoms with Gasteiger partial charge in [-0.05, 0) is 38.1 Å². The van der Waals surface area contributed by atoms with E-state index in [1.807, 2.05) is 22.9 Å². The number of rotatable bonds is 2. The Kier molecular flexibility index (Phi) is 4.04. The van der Waals surface area contributed by atoms with Gasteiger partial charge < -0.3 is 10.2 Å². The highest BCUT2D eigenvalue weighted by Gasteiger charge is 2.40. The molecule has 1 fully saturated rings. The number of amides is 1. The second-order valence-electron chi connectivity index (χ2n) is 7.47. The maximum atomic E-state index is 13.1. The Labute approximate surface area is 152 Å². The second kappa shape index (κ2) is 6.11. The van der Waals surface area contributed by atoms with Crippen molar-refractivity contribution in [2.75, 3.05) is 24.5 Å². The highest BCUT2D eigenvalue weighted by molar-refractivity contribution is 6.32. The number of hydrogen-bond donors (Lipinski definition) is 1. The van der Waals surface area contributed by atoms with Gasteiger partial charge in [0.2, 0.25) is 0 Å². The molecule has 2 aromatic rings. The van der Waals surface area contributed by atoms with E-state index in [1.165, 1.54) is 0 Å². The van der Waals surface area contributed by atoms with Gasteiger partial charge in [0.05, 0.1) is 12.2 Å². The van der Waals surface area contributed by atoms with E-state index < -0.39 is 0 Å². The van der Waals surface area contributed by atoms with E-state index in [4.69, 9.17) is 11.6 Å². The number of hydrogen-bond acceptors (Lipinski definition) is 4. The number of nitrogens with zero attached hydrogens (tertiary/aromatic N) is 4. The first kappa shape index (κ1) is 16.5. The number of carbonyl (C=O) groups excluding carboxylic acids is 1. The average molecular weight is 360 g/mol. The molecule has 0 radical (unpaired) electrons. The molecule has 7 heteroatoms. The quantitative estimate of drug-likeness (QED) is 0.895. The monoisotopic (exact) mass is 359 g/mol. The van der Waals surface area contributed by atoms with Gasteiger partial charge in [-0.3, -0.25) is 4.79 Å². The highest BCUT2D eigenvalue weighted by Crippen LogP contribution is 2.44. The van der Waals surface area contributed by atoms with E-state index in [2.05, 4.69) is 29.5 Å². The Morgan fingerprint density at radius 1 is 1.32 bits per heavy atom. The summed E-state index contributed by atoms with van der Waals surface area (Å²) in [5.41, 5.74) is 2.10. The zero-order chi connectivity index (χ0) is 17.6. The first-order valence-electron chi connectivity index (χ1n) is 8.71. The molecule has 0 spiro atoms. The number of anilines is 1. The van der Waals surface area contributed by atoms with Crippen LogP contribution in [0.3, 0.4) is 0 Å². The van der Waals surface area contributed by atoms with Gasteiger partial charge in [-0.25, -0.2) is 4.68 Å². The molecule has 0 bridgehead atoms. The van der Waals surface area contributed by atoms with Crippen molar-refractivity contribution in [3.8, 4) is 0 Å². The van der Waals surface area contributed by atoms with Crippen molar-refractivity contribution in [1.29, 1.82) is 0 Å². The predicted molar refractivity (Wildman–Crippen MR) is 97.3 cm³/mol. The third kappa shape index (κ3) is 2.83. The molecule has 4 rings (SSSR count). The van der Waals surface area contributed by atoms with E-state index in [0.29, 0.717) is 23.3 Å². The van der Waals surface area contributed by atoms with Gasteiger partial charge in [-0.15, -0.1) is 5.10 Å². The van der Waals surface area contributed by atoms with E-state index in [-0.39, 0.29) is 11.3 Å². The molecule has 2 aliphatic heterocycles. The minimum Gasteiger partial charge on any atom is -0.317 e. The largest absolute Gasteiger partial charge is 0.317 e. The van der Waals surface area contributed by atoms with Crippen LogP contribution in [0.4, 0.5) is 5.69 Å². The summed E-state index contributed by atoms with van der Waals surface area (Å²) in [5, 5.41) is 12.4. The minimum absolute atomic E-state index is 0.116. The zero-order valence-electron chi connectivity index (χ0n) is 14.5. The van der Waals surface area contributed by atoms with Crippen LogP contribution in [-0.2, 0) is 5.41 Å². The summed E-state index contributed by atoms with van der Waals surface area (Å²) in [7, 11) is 0. The molecule has 1 aromatic heterocycles. The van der Waals surface area contributed by atoms with Crippen LogP contribution >= 0.6 is 11.6 Å². The fraction of sp³-hybridized carbons (Fsp3) is 0.500. The van der Waals surface area contributed by atoms with Gasteiger partial charge in [0.1, 0.15) is 0 Å². The molecule has 1 amide bonds. The topological polar surface area (TPSA) is 63.1 Å². The molecule has 1 aromatic carbocycles. The number of piperidine rings is 1. The minimum atomic E-state index is -0.186. The van der Waals surface area contributed by atoms with Crippen molar-refractivity contribution in [1.82, 2.24) is 20.3 Å². The molecule has 1 saturated heterocycles. The van der Waals surface area contributed by atoms with Crippen molar-refractivity contribution in [2.24, 2.45) is 0 Å². The molecule has 6 nitrogen and oxygen atoms in total. The van der Waals surface area contributed by atoms with Crippen molar-refractivity contribution < 1.29 is 4.79 Å². The summed E-state index contributed by atoms with van der Waals surface area (Å²) in [6.07, 6.45) is 3.80. The summed E-state index contributed by atoms with van der Waals surface area (Å²) < 4.78 is 1.84. The maximum absolute atomic E-state index is 13.1.